The highest BCUT2D eigenvalue weighted by Crippen LogP contribution is 2.27. The summed E-state index contributed by atoms with van der Waals surface area (Å²) in [5.41, 5.74) is 0. The van der Waals surface area contributed by atoms with Crippen molar-refractivity contribution in [1.82, 2.24) is 0 Å². The van der Waals surface area contributed by atoms with E-state index in [1.165, 1.54) is 0 Å². The zero-order valence-corrected chi connectivity index (χ0v) is 16.0. The molecule has 0 aliphatic carbocycles. The summed E-state index contributed by atoms with van der Waals surface area (Å²) < 4.78 is 11.6. The van der Waals surface area contributed by atoms with Crippen molar-refractivity contribution in [3.63, 3.8) is 0 Å². The van der Waals surface area contributed by atoms with Crippen molar-refractivity contribution in [3.8, 4) is 11.5 Å². The van der Waals surface area contributed by atoms with Gasteiger partial charge in [0, 0.05) is 12.8 Å². The van der Waals surface area contributed by atoms with Crippen molar-refractivity contribution >= 4 is 11.9 Å². The predicted octanol–water partition coefficient (Wildman–Crippen LogP) is 4.90. The van der Waals surface area contributed by atoms with E-state index in [4.69, 9.17) is 19.7 Å². The molecule has 1 rings (SSSR count). The van der Waals surface area contributed by atoms with Gasteiger partial charge in [0.25, 0.3) is 0 Å². The first-order chi connectivity index (χ1) is 13.1. The minimum atomic E-state index is -0.755. The lowest BCUT2D eigenvalue weighted by molar-refractivity contribution is -0.138. The second-order valence-electron chi connectivity index (χ2n) is 6.61. The second-order valence-corrected chi connectivity index (χ2v) is 6.61. The van der Waals surface area contributed by atoms with Crippen molar-refractivity contribution in [2.75, 3.05) is 13.2 Å². The Kier molecular flexibility index (Phi) is 12.6. The first-order valence-electron chi connectivity index (χ1n) is 9.88. The standard InChI is InChI=1S/C21H32O6/c22-20(23)14-6-3-1-2-4-10-16-26-18-12-8-9-13-19(18)27-17-11-5-7-15-21(24)25/h8-9,12-13H,1-7,10-11,14-17H2,(H,22,23)(H,24,25). The lowest BCUT2D eigenvalue weighted by atomic mass is 10.1. The van der Waals surface area contributed by atoms with E-state index in [-0.39, 0.29) is 12.8 Å². The van der Waals surface area contributed by atoms with Gasteiger partial charge in [0.15, 0.2) is 11.5 Å². The first kappa shape index (κ1) is 22.8. The van der Waals surface area contributed by atoms with E-state index in [1.807, 2.05) is 24.3 Å². The molecule has 152 valence electrons. The summed E-state index contributed by atoms with van der Waals surface area (Å²) in [7, 11) is 0. The van der Waals surface area contributed by atoms with E-state index < -0.39 is 11.9 Å². The van der Waals surface area contributed by atoms with Gasteiger partial charge in [0.1, 0.15) is 0 Å². The molecule has 0 heterocycles. The van der Waals surface area contributed by atoms with Crippen LogP contribution in [0.3, 0.4) is 0 Å². The molecule has 0 spiro atoms. The molecular formula is C21H32O6. The highest BCUT2D eigenvalue weighted by Gasteiger charge is 2.04. The van der Waals surface area contributed by atoms with E-state index in [0.29, 0.717) is 19.6 Å². The SMILES string of the molecule is O=C(O)CCCCCCCCOc1ccccc1OCCCCCC(=O)O. The van der Waals surface area contributed by atoms with E-state index in [0.717, 1.165) is 62.9 Å². The van der Waals surface area contributed by atoms with Crippen LogP contribution in [-0.4, -0.2) is 35.4 Å². The third kappa shape index (κ3) is 12.7. The largest absolute Gasteiger partial charge is 0.490 e. The van der Waals surface area contributed by atoms with Gasteiger partial charge < -0.3 is 19.7 Å². The van der Waals surface area contributed by atoms with Gasteiger partial charge >= 0.3 is 11.9 Å². The molecule has 0 bridgehead atoms. The smallest absolute Gasteiger partial charge is 0.303 e. The molecule has 1 aromatic rings. The first-order valence-corrected chi connectivity index (χ1v) is 9.88. The number of hydrogen-bond donors (Lipinski definition) is 2. The summed E-state index contributed by atoms with van der Waals surface area (Å²) in [6.07, 6.45) is 8.72. The number of ether oxygens (including phenoxy) is 2. The van der Waals surface area contributed by atoms with Crippen LogP contribution in [0.15, 0.2) is 24.3 Å². The Morgan fingerprint density at radius 1 is 0.630 bits per heavy atom. The lowest BCUT2D eigenvalue weighted by Gasteiger charge is -2.12. The van der Waals surface area contributed by atoms with E-state index in [9.17, 15) is 9.59 Å². The molecule has 6 nitrogen and oxygen atoms in total. The van der Waals surface area contributed by atoms with Crippen LogP contribution in [0, 0.1) is 0 Å². The predicted molar refractivity (Wildman–Crippen MR) is 103 cm³/mol. The number of rotatable bonds is 17. The van der Waals surface area contributed by atoms with E-state index in [2.05, 4.69) is 0 Å². The van der Waals surface area contributed by atoms with Gasteiger partial charge in [-0.3, -0.25) is 9.59 Å². The summed E-state index contributed by atoms with van der Waals surface area (Å²) in [6, 6.07) is 7.60. The van der Waals surface area contributed by atoms with Gasteiger partial charge in [-0.2, -0.15) is 0 Å². The van der Waals surface area contributed by atoms with Crippen LogP contribution in [-0.2, 0) is 9.59 Å². The van der Waals surface area contributed by atoms with Crippen molar-refractivity contribution in [2.45, 2.75) is 70.6 Å². The topological polar surface area (TPSA) is 93.1 Å². The summed E-state index contributed by atoms with van der Waals surface area (Å²) >= 11 is 0. The molecule has 0 saturated heterocycles. The number of carboxylic acid groups (broad SMARTS) is 2. The Hall–Kier alpha value is -2.24. The third-order valence-corrected chi connectivity index (χ3v) is 4.18. The van der Waals surface area contributed by atoms with Crippen LogP contribution in [0.2, 0.25) is 0 Å². The lowest BCUT2D eigenvalue weighted by Crippen LogP contribution is -2.03. The van der Waals surface area contributed by atoms with Crippen LogP contribution in [0.1, 0.15) is 70.6 Å². The molecule has 0 amide bonds. The minimum absolute atomic E-state index is 0.208. The van der Waals surface area contributed by atoms with Gasteiger partial charge in [0.05, 0.1) is 13.2 Å². The number of carboxylic acids is 2. The Morgan fingerprint density at radius 2 is 1.00 bits per heavy atom. The maximum absolute atomic E-state index is 10.5. The molecule has 2 N–H and O–H groups in total. The number of para-hydroxylation sites is 2. The summed E-state index contributed by atoms with van der Waals surface area (Å²) in [4.78, 5) is 20.9. The fourth-order valence-corrected chi connectivity index (χ4v) is 2.69. The molecule has 1 aromatic carbocycles. The minimum Gasteiger partial charge on any atom is -0.490 e. The average Bonchev–Trinajstić information content (AvgIpc) is 2.63. The van der Waals surface area contributed by atoms with Gasteiger partial charge in [-0.05, 0) is 44.2 Å². The second kappa shape index (κ2) is 14.9. The molecule has 0 aliphatic heterocycles. The van der Waals surface area contributed by atoms with Crippen LogP contribution >= 0.6 is 0 Å². The maximum atomic E-state index is 10.5. The Balaban J connectivity index is 2.11. The quantitative estimate of drug-likeness (QED) is 0.373. The molecular weight excluding hydrogens is 348 g/mol. The molecule has 0 atom stereocenters. The van der Waals surface area contributed by atoms with Gasteiger partial charge in [-0.25, -0.2) is 0 Å². The molecule has 0 fully saturated rings. The number of unbranched alkanes of at least 4 members (excludes halogenated alkanes) is 7. The van der Waals surface area contributed by atoms with E-state index >= 15 is 0 Å². The van der Waals surface area contributed by atoms with Crippen molar-refractivity contribution in [2.24, 2.45) is 0 Å². The third-order valence-electron chi connectivity index (χ3n) is 4.18. The molecule has 0 radical (unpaired) electrons. The molecule has 0 saturated carbocycles. The highest BCUT2D eigenvalue weighted by atomic mass is 16.5. The summed E-state index contributed by atoms with van der Waals surface area (Å²) in [6.45, 7) is 1.18. The van der Waals surface area contributed by atoms with Crippen molar-refractivity contribution < 1.29 is 29.3 Å². The fraction of sp³-hybridized carbons (Fsp3) is 0.619. The van der Waals surface area contributed by atoms with Crippen molar-refractivity contribution in [3.05, 3.63) is 24.3 Å². The Labute approximate surface area is 161 Å². The fourth-order valence-electron chi connectivity index (χ4n) is 2.69. The zero-order valence-electron chi connectivity index (χ0n) is 16.0. The monoisotopic (exact) mass is 380 g/mol. The van der Waals surface area contributed by atoms with Gasteiger partial charge in [-0.15, -0.1) is 0 Å². The molecule has 6 heteroatoms. The maximum Gasteiger partial charge on any atom is 0.303 e. The van der Waals surface area contributed by atoms with Gasteiger partial charge in [0.2, 0.25) is 0 Å². The number of benzene rings is 1. The Morgan fingerprint density at radius 3 is 1.44 bits per heavy atom. The zero-order chi connectivity index (χ0) is 19.7. The van der Waals surface area contributed by atoms with Crippen LogP contribution < -0.4 is 9.47 Å². The van der Waals surface area contributed by atoms with Crippen LogP contribution in [0.5, 0.6) is 11.5 Å². The van der Waals surface area contributed by atoms with Crippen molar-refractivity contribution in [1.29, 1.82) is 0 Å². The highest BCUT2D eigenvalue weighted by molar-refractivity contribution is 5.66. The molecule has 0 aliphatic rings. The van der Waals surface area contributed by atoms with Crippen LogP contribution in [0.4, 0.5) is 0 Å². The summed E-state index contributed by atoms with van der Waals surface area (Å²) in [5.74, 6) is -0.00614. The Bertz CT molecular complexity index is 543. The molecule has 0 unspecified atom stereocenters. The summed E-state index contributed by atoms with van der Waals surface area (Å²) in [5, 5.41) is 17.2. The number of hydrogen-bond acceptors (Lipinski definition) is 4. The molecule has 0 aromatic heterocycles. The number of carbonyl (C=O) groups is 2. The van der Waals surface area contributed by atoms with E-state index in [1.54, 1.807) is 0 Å². The average molecular weight is 380 g/mol. The number of aliphatic carboxylic acids is 2. The van der Waals surface area contributed by atoms with Gasteiger partial charge in [-0.1, -0.05) is 37.8 Å². The normalized spacial score (nSPS) is 10.5. The van der Waals surface area contributed by atoms with Crippen LogP contribution in [0.25, 0.3) is 0 Å². The molecule has 27 heavy (non-hydrogen) atoms.